The molecule has 1 saturated heterocycles. The van der Waals surface area contributed by atoms with E-state index in [9.17, 15) is 14.7 Å². The summed E-state index contributed by atoms with van der Waals surface area (Å²) in [5, 5.41) is 10.2. The Labute approximate surface area is 258 Å². The van der Waals surface area contributed by atoms with Crippen LogP contribution in [0.1, 0.15) is 35.4 Å². The van der Waals surface area contributed by atoms with Crippen LogP contribution < -0.4 is 14.4 Å². The Bertz CT molecular complexity index is 1380. The molecule has 0 aromatic heterocycles. The normalized spacial score (nSPS) is 19.5. The van der Waals surface area contributed by atoms with Crippen molar-refractivity contribution in [2.45, 2.75) is 44.1 Å². The lowest BCUT2D eigenvalue weighted by atomic mass is 9.83. The zero-order valence-corrected chi connectivity index (χ0v) is 25.2. The number of fused-ring (bicyclic) bond motifs is 1. The fourth-order valence-corrected chi connectivity index (χ4v) is 5.82. The smallest absolute Gasteiger partial charge is 0.410 e. The molecule has 0 saturated carbocycles. The Balaban J connectivity index is 1.35. The van der Waals surface area contributed by atoms with Crippen LogP contribution in [0.3, 0.4) is 0 Å². The average molecular weight is 605 g/mol. The van der Waals surface area contributed by atoms with E-state index < -0.39 is 24.2 Å². The lowest BCUT2D eigenvalue weighted by Crippen LogP contribution is -2.55. The van der Waals surface area contributed by atoms with Crippen LogP contribution in [0.4, 0.5) is 10.5 Å². The largest absolute Gasteiger partial charge is 0.497 e. The van der Waals surface area contributed by atoms with Gasteiger partial charge in [-0.15, -0.1) is 0 Å². The Hall–Kier alpha value is -4.28. The molecule has 3 aromatic carbocycles. The standard InChI is InChI=1S/C34H40N2O8/c1-40-17-6-15-35-16-18-42-31-14-9-25(19-29(31)35)23-43-32-21-36(34(39)44-22-24-7-4-3-5-8-24)30(33(37)38)20-28(32)26-10-12-27(41-2)13-11-26/h3-5,7-14,19,28,30,32H,6,15-18,20-23H2,1-2H3,(H,37,38)/t28-,30-,32+/m1/s1. The summed E-state index contributed by atoms with van der Waals surface area (Å²) >= 11 is 0. The number of carboxylic acid groups (broad SMARTS) is 1. The number of ether oxygens (including phenoxy) is 5. The lowest BCUT2D eigenvalue weighted by Gasteiger charge is -2.41. The second-order valence-electron chi connectivity index (χ2n) is 11.0. The molecule has 2 heterocycles. The number of piperidine rings is 1. The van der Waals surface area contributed by atoms with Crippen molar-refractivity contribution in [1.29, 1.82) is 0 Å². The minimum Gasteiger partial charge on any atom is -0.497 e. The van der Waals surface area contributed by atoms with Crippen molar-refractivity contribution < 1.29 is 38.4 Å². The molecule has 2 aliphatic heterocycles. The van der Waals surface area contributed by atoms with Gasteiger partial charge in [0, 0.05) is 26.2 Å². The number of carboxylic acids is 1. The van der Waals surface area contributed by atoms with Gasteiger partial charge in [-0.1, -0.05) is 48.5 Å². The van der Waals surface area contributed by atoms with Crippen LogP contribution >= 0.6 is 0 Å². The molecule has 10 heteroatoms. The molecular weight excluding hydrogens is 564 g/mol. The number of methoxy groups -OCH3 is 2. The van der Waals surface area contributed by atoms with E-state index in [4.69, 9.17) is 23.7 Å². The highest BCUT2D eigenvalue weighted by Gasteiger charge is 2.43. The summed E-state index contributed by atoms with van der Waals surface area (Å²) < 4.78 is 28.6. The number of hydrogen-bond donors (Lipinski definition) is 1. The molecule has 3 aromatic rings. The third kappa shape index (κ3) is 7.62. The maximum Gasteiger partial charge on any atom is 0.410 e. The first-order valence-corrected chi connectivity index (χ1v) is 14.9. The summed E-state index contributed by atoms with van der Waals surface area (Å²) in [7, 11) is 3.30. The van der Waals surface area contributed by atoms with E-state index in [1.54, 1.807) is 14.2 Å². The van der Waals surface area contributed by atoms with Crippen LogP contribution in [0.5, 0.6) is 11.5 Å². The van der Waals surface area contributed by atoms with Gasteiger partial charge in [0.25, 0.3) is 0 Å². The highest BCUT2D eigenvalue weighted by Crippen LogP contribution is 2.37. The molecule has 3 atom stereocenters. The predicted octanol–water partition coefficient (Wildman–Crippen LogP) is 5.10. The number of hydrogen-bond acceptors (Lipinski definition) is 8. The quantitative estimate of drug-likeness (QED) is 0.283. The molecule has 0 bridgehead atoms. The van der Waals surface area contributed by atoms with Gasteiger partial charge in [0.1, 0.15) is 30.8 Å². The fourth-order valence-electron chi connectivity index (χ4n) is 5.82. The molecule has 2 aliphatic rings. The minimum absolute atomic E-state index is 0.0496. The topological polar surface area (TPSA) is 107 Å². The number of benzene rings is 3. The SMILES string of the molecule is COCCCN1CCOc2ccc(CO[C@H]3CN(C(=O)OCc4ccccc4)[C@@H](C(=O)O)C[C@@H]3c3ccc(OC)cc3)cc21. The van der Waals surface area contributed by atoms with E-state index in [0.717, 1.165) is 47.6 Å². The minimum atomic E-state index is -1.08. The predicted molar refractivity (Wildman–Crippen MR) is 164 cm³/mol. The van der Waals surface area contributed by atoms with Gasteiger partial charge in [-0.05, 0) is 53.8 Å². The molecule has 0 radical (unpaired) electrons. The summed E-state index contributed by atoms with van der Waals surface area (Å²) in [4.78, 5) is 29.3. The molecule has 234 valence electrons. The first-order valence-electron chi connectivity index (χ1n) is 14.9. The van der Waals surface area contributed by atoms with Gasteiger partial charge in [-0.25, -0.2) is 9.59 Å². The summed E-state index contributed by atoms with van der Waals surface area (Å²) in [5.41, 5.74) is 3.71. The van der Waals surface area contributed by atoms with Gasteiger partial charge < -0.3 is 33.7 Å². The second-order valence-corrected chi connectivity index (χ2v) is 11.0. The van der Waals surface area contributed by atoms with Crippen molar-refractivity contribution in [3.63, 3.8) is 0 Å². The molecule has 1 amide bonds. The number of carbonyl (C=O) groups excluding carboxylic acids is 1. The van der Waals surface area contributed by atoms with Crippen LogP contribution in [-0.4, -0.2) is 81.3 Å². The number of amides is 1. The van der Waals surface area contributed by atoms with E-state index in [1.165, 1.54) is 4.90 Å². The number of rotatable bonds is 12. The average Bonchev–Trinajstić information content (AvgIpc) is 3.06. The highest BCUT2D eigenvalue weighted by atomic mass is 16.6. The number of aliphatic carboxylic acids is 1. The molecule has 1 N–H and O–H groups in total. The van der Waals surface area contributed by atoms with Crippen molar-refractivity contribution in [3.8, 4) is 11.5 Å². The molecule has 44 heavy (non-hydrogen) atoms. The Kier molecular flexibility index (Phi) is 10.6. The molecule has 0 unspecified atom stereocenters. The zero-order chi connectivity index (χ0) is 30.9. The summed E-state index contributed by atoms with van der Waals surface area (Å²) in [6.07, 6.45) is -0.0737. The first-order chi connectivity index (χ1) is 21.5. The van der Waals surface area contributed by atoms with Crippen molar-refractivity contribution in [2.24, 2.45) is 0 Å². The Morgan fingerprint density at radius 1 is 0.977 bits per heavy atom. The lowest BCUT2D eigenvalue weighted by molar-refractivity contribution is -0.147. The van der Waals surface area contributed by atoms with E-state index >= 15 is 0 Å². The summed E-state index contributed by atoms with van der Waals surface area (Å²) in [6.45, 7) is 3.36. The summed E-state index contributed by atoms with van der Waals surface area (Å²) in [6, 6.07) is 21.8. The fraction of sp³-hybridized carbons (Fsp3) is 0.412. The van der Waals surface area contributed by atoms with Crippen molar-refractivity contribution in [2.75, 3.05) is 52.0 Å². The second kappa shape index (κ2) is 14.9. The molecule has 1 fully saturated rings. The van der Waals surface area contributed by atoms with Gasteiger partial charge in [-0.3, -0.25) is 4.90 Å². The van der Waals surface area contributed by atoms with Crippen LogP contribution in [0.15, 0.2) is 72.8 Å². The van der Waals surface area contributed by atoms with Crippen LogP contribution in [-0.2, 0) is 32.2 Å². The third-order valence-corrected chi connectivity index (χ3v) is 8.17. The monoisotopic (exact) mass is 604 g/mol. The molecule has 10 nitrogen and oxygen atoms in total. The van der Waals surface area contributed by atoms with Crippen LogP contribution in [0, 0.1) is 0 Å². The molecule has 0 aliphatic carbocycles. The van der Waals surface area contributed by atoms with Gasteiger partial charge in [0.05, 0.1) is 38.6 Å². The molecular formula is C34H40N2O8. The van der Waals surface area contributed by atoms with Crippen LogP contribution in [0.2, 0.25) is 0 Å². The van der Waals surface area contributed by atoms with E-state index in [-0.39, 0.29) is 32.1 Å². The van der Waals surface area contributed by atoms with Crippen molar-refractivity contribution in [1.82, 2.24) is 4.90 Å². The van der Waals surface area contributed by atoms with Gasteiger partial charge in [-0.2, -0.15) is 0 Å². The number of anilines is 1. The van der Waals surface area contributed by atoms with E-state index in [0.29, 0.717) is 19.0 Å². The van der Waals surface area contributed by atoms with Gasteiger partial charge in [0.15, 0.2) is 0 Å². The zero-order valence-electron chi connectivity index (χ0n) is 25.2. The van der Waals surface area contributed by atoms with Crippen molar-refractivity contribution in [3.05, 3.63) is 89.5 Å². The Morgan fingerprint density at radius 2 is 1.77 bits per heavy atom. The number of nitrogens with zero attached hydrogens (tertiary/aromatic N) is 2. The maximum absolute atomic E-state index is 13.3. The van der Waals surface area contributed by atoms with E-state index in [2.05, 4.69) is 11.0 Å². The Morgan fingerprint density at radius 3 is 2.50 bits per heavy atom. The highest BCUT2D eigenvalue weighted by molar-refractivity contribution is 5.80. The third-order valence-electron chi connectivity index (χ3n) is 8.17. The van der Waals surface area contributed by atoms with Gasteiger partial charge >= 0.3 is 12.1 Å². The number of likely N-dealkylation sites (tertiary alicyclic amines) is 1. The first kappa shape index (κ1) is 31.2. The van der Waals surface area contributed by atoms with Crippen LogP contribution in [0.25, 0.3) is 0 Å². The van der Waals surface area contributed by atoms with Gasteiger partial charge in [0.2, 0.25) is 0 Å². The number of carbonyl (C=O) groups is 2. The summed E-state index contributed by atoms with van der Waals surface area (Å²) in [5.74, 6) is 0.186. The maximum atomic E-state index is 13.3. The van der Waals surface area contributed by atoms with Crippen molar-refractivity contribution >= 4 is 17.7 Å². The van der Waals surface area contributed by atoms with E-state index in [1.807, 2.05) is 66.7 Å². The molecule has 5 rings (SSSR count). The molecule has 0 spiro atoms.